The molecule has 0 aliphatic rings. The largest absolute Gasteiger partial charge is 0.143 e. The van der Waals surface area contributed by atoms with Crippen LogP contribution in [-0.4, -0.2) is 0 Å². The van der Waals surface area contributed by atoms with Crippen LogP contribution in [0.5, 0.6) is 0 Å². The van der Waals surface area contributed by atoms with Crippen molar-refractivity contribution in [1.82, 2.24) is 0 Å². The second kappa shape index (κ2) is 5.84. The van der Waals surface area contributed by atoms with Gasteiger partial charge < -0.3 is 0 Å². The zero-order valence-corrected chi connectivity index (χ0v) is 10.9. The number of aryl methyl sites for hydroxylation is 1. The summed E-state index contributed by atoms with van der Waals surface area (Å²) in [5, 5.41) is 4.84. The molecule has 2 aromatic rings. The van der Waals surface area contributed by atoms with Crippen molar-refractivity contribution in [3.05, 3.63) is 59.1 Å². The molecule has 17 heavy (non-hydrogen) atoms. The van der Waals surface area contributed by atoms with Gasteiger partial charge in [-0.15, -0.1) is 9.63 Å². The van der Waals surface area contributed by atoms with Crippen molar-refractivity contribution in [2.75, 3.05) is 0 Å². The number of halogens is 1. The second-order valence-electron chi connectivity index (χ2n) is 3.52. The third-order valence-electron chi connectivity index (χ3n) is 2.21. The molecule has 0 radical (unpaired) electrons. The molecule has 0 unspecified atom stereocenters. The molecule has 0 aliphatic carbocycles. The minimum absolute atomic E-state index is 0.675. The van der Waals surface area contributed by atoms with Gasteiger partial charge in [-0.2, -0.15) is 0 Å². The Morgan fingerprint density at radius 3 is 2.59 bits per heavy atom. The fourth-order valence-electron chi connectivity index (χ4n) is 1.28. The van der Waals surface area contributed by atoms with Crippen LogP contribution >= 0.6 is 23.5 Å². The first-order valence-electron chi connectivity index (χ1n) is 5.15. The molecule has 2 aromatic carbocycles. The highest BCUT2D eigenvalue weighted by Gasteiger charge is 1.97. The van der Waals surface area contributed by atoms with Crippen LogP contribution in [0.4, 0.5) is 5.69 Å². The Balaban J connectivity index is 2.08. The quantitative estimate of drug-likeness (QED) is 0.534. The van der Waals surface area contributed by atoms with Crippen LogP contribution in [0.3, 0.4) is 0 Å². The van der Waals surface area contributed by atoms with Gasteiger partial charge in [-0.05, 0) is 36.8 Å². The summed E-state index contributed by atoms with van der Waals surface area (Å²) >= 11 is 7.25. The predicted octanol–water partition coefficient (Wildman–Crippen LogP) is 5.44. The lowest BCUT2D eigenvalue weighted by atomic mass is 10.2. The molecular weight excluding hydrogens is 252 g/mol. The summed E-state index contributed by atoms with van der Waals surface area (Å²) in [5.74, 6) is 0. The van der Waals surface area contributed by atoms with E-state index in [1.54, 1.807) is 0 Å². The minimum atomic E-state index is 0.675. The smallest absolute Gasteiger partial charge is 0.0907 e. The van der Waals surface area contributed by atoms with E-state index in [1.165, 1.54) is 11.9 Å². The highest BCUT2D eigenvalue weighted by Crippen LogP contribution is 2.26. The molecular formula is C13H11ClN2S. The lowest BCUT2D eigenvalue weighted by Crippen LogP contribution is -1.72. The Hall–Kier alpha value is -1.32. The van der Waals surface area contributed by atoms with Gasteiger partial charge in [0.05, 0.1) is 5.69 Å². The number of hydrogen-bond donors (Lipinski definition) is 0. The molecule has 0 saturated heterocycles. The van der Waals surface area contributed by atoms with E-state index < -0.39 is 0 Å². The molecule has 0 aliphatic heterocycles. The van der Waals surface area contributed by atoms with E-state index >= 15 is 0 Å². The predicted molar refractivity (Wildman–Crippen MR) is 73.0 cm³/mol. The molecule has 0 aromatic heterocycles. The fourth-order valence-corrected chi connectivity index (χ4v) is 1.95. The average Bonchev–Trinajstić information content (AvgIpc) is 2.35. The first kappa shape index (κ1) is 12.1. The molecule has 0 bridgehead atoms. The van der Waals surface area contributed by atoms with E-state index in [1.807, 2.05) is 55.5 Å². The Kier molecular flexibility index (Phi) is 4.18. The van der Waals surface area contributed by atoms with Gasteiger partial charge in [0, 0.05) is 21.9 Å². The van der Waals surface area contributed by atoms with Crippen LogP contribution in [0, 0.1) is 6.92 Å². The Labute approximate surface area is 110 Å². The molecule has 0 fully saturated rings. The molecule has 0 saturated carbocycles. The summed E-state index contributed by atoms with van der Waals surface area (Å²) in [7, 11) is 0. The van der Waals surface area contributed by atoms with Crippen molar-refractivity contribution >= 4 is 29.2 Å². The Bertz CT molecular complexity index is 526. The average molecular weight is 263 g/mol. The van der Waals surface area contributed by atoms with Crippen molar-refractivity contribution in [3.8, 4) is 0 Å². The lowest BCUT2D eigenvalue weighted by Gasteiger charge is -1.98. The molecule has 2 nitrogen and oxygen atoms in total. The van der Waals surface area contributed by atoms with Gasteiger partial charge >= 0.3 is 0 Å². The molecule has 86 valence electrons. The van der Waals surface area contributed by atoms with Crippen LogP contribution in [0.25, 0.3) is 0 Å². The van der Waals surface area contributed by atoms with E-state index in [4.69, 9.17) is 11.6 Å². The number of benzene rings is 2. The maximum Gasteiger partial charge on any atom is 0.0907 e. The van der Waals surface area contributed by atoms with Crippen LogP contribution in [0.1, 0.15) is 5.56 Å². The molecule has 0 N–H and O–H groups in total. The number of nitrogens with zero attached hydrogens (tertiary/aromatic N) is 2. The lowest BCUT2D eigenvalue weighted by molar-refractivity contribution is 1.28. The normalized spacial score (nSPS) is 10.9. The van der Waals surface area contributed by atoms with E-state index in [9.17, 15) is 0 Å². The van der Waals surface area contributed by atoms with Gasteiger partial charge in [0.15, 0.2) is 0 Å². The summed E-state index contributed by atoms with van der Waals surface area (Å²) in [4.78, 5) is 1.07. The van der Waals surface area contributed by atoms with Gasteiger partial charge in [-0.3, -0.25) is 0 Å². The van der Waals surface area contributed by atoms with E-state index in [2.05, 4.69) is 9.63 Å². The third-order valence-corrected chi connectivity index (χ3v) is 3.09. The van der Waals surface area contributed by atoms with Crippen molar-refractivity contribution < 1.29 is 0 Å². The highest BCUT2D eigenvalue weighted by molar-refractivity contribution is 7.97. The highest BCUT2D eigenvalue weighted by atomic mass is 35.5. The SMILES string of the molecule is Cc1ccc(Cl)cc1N=NSc1ccccc1. The van der Waals surface area contributed by atoms with Gasteiger partial charge in [-0.1, -0.05) is 35.9 Å². The summed E-state index contributed by atoms with van der Waals surface area (Å²) < 4.78 is 4.10. The van der Waals surface area contributed by atoms with Crippen LogP contribution in [0.2, 0.25) is 5.02 Å². The third kappa shape index (κ3) is 3.58. The molecule has 2 rings (SSSR count). The first-order chi connectivity index (χ1) is 8.25. The molecule has 0 atom stereocenters. The summed E-state index contributed by atoms with van der Waals surface area (Å²) in [5.41, 5.74) is 1.87. The monoisotopic (exact) mass is 262 g/mol. The van der Waals surface area contributed by atoms with Gasteiger partial charge in [0.1, 0.15) is 0 Å². The van der Waals surface area contributed by atoms with E-state index in [0.717, 1.165) is 16.1 Å². The summed E-state index contributed by atoms with van der Waals surface area (Å²) in [6, 6.07) is 15.5. The Morgan fingerprint density at radius 1 is 1.06 bits per heavy atom. The number of rotatable bonds is 3. The van der Waals surface area contributed by atoms with Crippen molar-refractivity contribution in [3.63, 3.8) is 0 Å². The van der Waals surface area contributed by atoms with E-state index in [0.29, 0.717) is 5.02 Å². The van der Waals surface area contributed by atoms with Crippen LogP contribution in [-0.2, 0) is 0 Å². The zero-order chi connectivity index (χ0) is 12.1. The maximum absolute atomic E-state index is 5.90. The fraction of sp³-hybridized carbons (Fsp3) is 0.0769. The standard InChI is InChI=1S/C13H11ClN2S/c1-10-7-8-11(14)9-13(10)15-16-17-12-5-3-2-4-6-12/h2-9H,1H3. The number of hydrogen-bond acceptors (Lipinski definition) is 3. The molecule has 4 heteroatoms. The van der Waals surface area contributed by atoms with Crippen LogP contribution < -0.4 is 0 Å². The first-order valence-corrected chi connectivity index (χ1v) is 6.30. The molecule has 0 amide bonds. The summed E-state index contributed by atoms with van der Waals surface area (Å²) in [6.45, 7) is 1.98. The van der Waals surface area contributed by atoms with Crippen LogP contribution in [0.15, 0.2) is 63.1 Å². The van der Waals surface area contributed by atoms with Crippen molar-refractivity contribution in [2.45, 2.75) is 11.8 Å². The van der Waals surface area contributed by atoms with Gasteiger partial charge in [0.2, 0.25) is 0 Å². The summed E-state index contributed by atoms with van der Waals surface area (Å²) in [6.07, 6.45) is 0. The minimum Gasteiger partial charge on any atom is -0.143 e. The zero-order valence-electron chi connectivity index (χ0n) is 9.30. The van der Waals surface area contributed by atoms with Gasteiger partial charge in [0.25, 0.3) is 0 Å². The van der Waals surface area contributed by atoms with Crippen molar-refractivity contribution in [1.29, 1.82) is 0 Å². The van der Waals surface area contributed by atoms with E-state index in [-0.39, 0.29) is 0 Å². The Morgan fingerprint density at radius 2 is 1.82 bits per heavy atom. The van der Waals surface area contributed by atoms with Crippen molar-refractivity contribution in [2.24, 2.45) is 9.63 Å². The topological polar surface area (TPSA) is 24.7 Å². The van der Waals surface area contributed by atoms with Gasteiger partial charge in [-0.25, -0.2) is 0 Å². The molecule has 0 spiro atoms. The maximum atomic E-state index is 5.90. The molecule has 0 heterocycles. The second-order valence-corrected chi connectivity index (χ2v) is 4.77.